The Balaban J connectivity index is 2.08. The molecule has 1 aromatic rings. The number of ether oxygens (including phenoxy) is 1. The molecule has 1 aromatic heterocycles. The van der Waals surface area contributed by atoms with Crippen LogP contribution in [0.1, 0.15) is 38.8 Å². The number of rotatable bonds is 5. The van der Waals surface area contributed by atoms with Crippen molar-refractivity contribution in [2.45, 2.75) is 52.5 Å². The molecule has 2 atom stereocenters. The van der Waals surface area contributed by atoms with Crippen LogP contribution < -0.4 is 10.2 Å². The SMILES string of the molecule is CCOC(C)Nc1cnc(N2CCCCC2O)nc1C. The Bertz CT molecular complexity index is 441. The number of nitrogens with zero attached hydrogens (tertiary/aromatic N) is 3. The van der Waals surface area contributed by atoms with Crippen molar-refractivity contribution in [3.63, 3.8) is 0 Å². The summed E-state index contributed by atoms with van der Waals surface area (Å²) in [6.45, 7) is 7.31. The van der Waals surface area contributed by atoms with Gasteiger partial charge in [0.15, 0.2) is 0 Å². The second-order valence-corrected chi connectivity index (χ2v) is 5.08. The van der Waals surface area contributed by atoms with Gasteiger partial charge in [-0.15, -0.1) is 0 Å². The van der Waals surface area contributed by atoms with E-state index in [2.05, 4.69) is 15.3 Å². The van der Waals surface area contributed by atoms with E-state index < -0.39 is 6.23 Å². The molecule has 0 aliphatic carbocycles. The molecule has 1 aliphatic rings. The second-order valence-electron chi connectivity index (χ2n) is 5.08. The number of nitrogens with one attached hydrogen (secondary N) is 1. The maximum atomic E-state index is 10.0. The van der Waals surface area contributed by atoms with E-state index in [1.807, 2.05) is 25.7 Å². The first-order valence-electron chi connectivity index (χ1n) is 7.28. The Labute approximate surface area is 120 Å². The first-order chi connectivity index (χ1) is 9.61. The molecule has 0 spiro atoms. The predicted molar refractivity (Wildman–Crippen MR) is 78.7 cm³/mol. The molecule has 20 heavy (non-hydrogen) atoms. The molecule has 2 N–H and O–H groups in total. The van der Waals surface area contributed by atoms with Gasteiger partial charge in [0.25, 0.3) is 0 Å². The molecule has 0 amide bonds. The lowest BCUT2D eigenvalue weighted by Gasteiger charge is -2.32. The third-order valence-corrected chi connectivity index (χ3v) is 3.47. The van der Waals surface area contributed by atoms with Crippen molar-refractivity contribution >= 4 is 11.6 Å². The van der Waals surface area contributed by atoms with Crippen LogP contribution in [-0.4, -0.2) is 40.7 Å². The van der Waals surface area contributed by atoms with E-state index in [4.69, 9.17) is 4.74 Å². The third-order valence-electron chi connectivity index (χ3n) is 3.47. The van der Waals surface area contributed by atoms with Crippen LogP contribution in [0.5, 0.6) is 0 Å². The predicted octanol–water partition coefficient (Wildman–Crippen LogP) is 1.89. The Kier molecular flexibility index (Phi) is 5.14. The molecular formula is C14H24N4O2. The van der Waals surface area contributed by atoms with E-state index in [0.717, 1.165) is 37.2 Å². The molecule has 1 fully saturated rings. The lowest BCUT2D eigenvalue weighted by Crippen LogP contribution is -2.40. The Morgan fingerprint density at radius 2 is 2.35 bits per heavy atom. The summed E-state index contributed by atoms with van der Waals surface area (Å²) in [5.41, 5.74) is 1.72. The first kappa shape index (κ1) is 15.0. The zero-order chi connectivity index (χ0) is 14.5. The molecule has 6 nitrogen and oxygen atoms in total. The molecule has 2 heterocycles. The van der Waals surface area contributed by atoms with Crippen LogP contribution in [-0.2, 0) is 4.74 Å². The maximum absolute atomic E-state index is 10.0. The van der Waals surface area contributed by atoms with Gasteiger partial charge >= 0.3 is 0 Å². The van der Waals surface area contributed by atoms with Crippen LogP contribution in [0, 0.1) is 6.92 Å². The number of aryl methyl sites for hydroxylation is 1. The van der Waals surface area contributed by atoms with Crippen molar-refractivity contribution in [1.29, 1.82) is 0 Å². The number of aliphatic hydroxyl groups excluding tert-OH is 1. The summed E-state index contributed by atoms with van der Waals surface area (Å²) < 4.78 is 5.45. The van der Waals surface area contributed by atoms with Crippen LogP contribution >= 0.6 is 0 Å². The topological polar surface area (TPSA) is 70.5 Å². The van der Waals surface area contributed by atoms with Gasteiger partial charge in [0.2, 0.25) is 5.95 Å². The minimum absolute atomic E-state index is 0.0753. The van der Waals surface area contributed by atoms with E-state index in [1.165, 1.54) is 0 Å². The monoisotopic (exact) mass is 280 g/mol. The first-order valence-corrected chi connectivity index (χ1v) is 7.28. The Hall–Kier alpha value is -1.40. The summed E-state index contributed by atoms with van der Waals surface area (Å²) in [6, 6.07) is 0. The Morgan fingerprint density at radius 3 is 3.00 bits per heavy atom. The highest BCUT2D eigenvalue weighted by Crippen LogP contribution is 2.22. The van der Waals surface area contributed by atoms with Crippen molar-refractivity contribution in [3.8, 4) is 0 Å². The van der Waals surface area contributed by atoms with Crippen LogP contribution in [0.4, 0.5) is 11.6 Å². The lowest BCUT2D eigenvalue weighted by molar-refractivity contribution is 0.0960. The molecule has 2 rings (SSSR count). The fourth-order valence-corrected chi connectivity index (χ4v) is 2.39. The fraction of sp³-hybridized carbons (Fsp3) is 0.714. The van der Waals surface area contributed by atoms with Gasteiger partial charge in [-0.3, -0.25) is 0 Å². The molecule has 6 heteroatoms. The van der Waals surface area contributed by atoms with Gasteiger partial charge in [-0.25, -0.2) is 9.97 Å². The van der Waals surface area contributed by atoms with Crippen molar-refractivity contribution in [2.75, 3.05) is 23.4 Å². The minimum Gasteiger partial charge on any atom is -0.374 e. The summed E-state index contributed by atoms with van der Waals surface area (Å²) in [4.78, 5) is 10.7. The molecule has 1 aliphatic heterocycles. The van der Waals surface area contributed by atoms with Gasteiger partial charge < -0.3 is 20.1 Å². The second kappa shape index (κ2) is 6.85. The van der Waals surface area contributed by atoms with E-state index in [-0.39, 0.29) is 6.23 Å². The lowest BCUT2D eigenvalue weighted by atomic mass is 10.1. The fourth-order valence-electron chi connectivity index (χ4n) is 2.39. The Morgan fingerprint density at radius 1 is 1.55 bits per heavy atom. The van der Waals surface area contributed by atoms with Crippen molar-refractivity contribution < 1.29 is 9.84 Å². The van der Waals surface area contributed by atoms with Crippen LogP contribution in [0.2, 0.25) is 0 Å². The highest BCUT2D eigenvalue weighted by Gasteiger charge is 2.22. The smallest absolute Gasteiger partial charge is 0.227 e. The van der Waals surface area contributed by atoms with Gasteiger partial charge in [-0.05, 0) is 40.0 Å². The van der Waals surface area contributed by atoms with Crippen molar-refractivity contribution in [2.24, 2.45) is 0 Å². The standard InChI is InChI=1S/C14H24N4O2/c1-4-20-11(3)17-12-9-15-14(16-10(12)2)18-8-6-5-7-13(18)19/h9,11,13,17,19H,4-8H2,1-3H3. The molecule has 0 aromatic carbocycles. The van der Waals surface area contributed by atoms with Gasteiger partial charge in [-0.1, -0.05) is 0 Å². The van der Waals surface area contributed by atoms with Crippen LogP contribution in [0.3, 0.4) is 0 Å². The largest absolute Gasteiger partial charge is 0.374 e. The van der Waals surface area contributed by atoms with Crippen LogP contribution in [0.15, 0.2) is 6.20 Å². The van der Waals surface area contributed by atoms with E-state index >= 15 is 0 Å². The molecule has 0 saturated carbocycles. The zero-order valence-corrected chi connectivity index (χ0v) is 12.5. The molecule has 2 unspecified atom stereocenters. The maximum Gasteiger partial charge on any atom is 0.227 e. The summed E-state index contributed by atoms with van der Waals surface area (Å²) >= 11 is 0. The average Bonchev–Trinajstić information content (AvgIpc) is 2.42. The third kappa shape index (κ3) is 3.58. The summed E-state index contributed by atoms with van der Waals surface area (Å²) in [6.07, 6.45) is 4.12. The number of aliphatic hydroxyl groups is 1. The summed E-state index contributed by atoms with van der Waals surface area (Å²) in [5, 5.41) is 13.2. The quantitative estimate of drug-likeness (QED) is 0.803. The number of piperidine rings is 1. The van der Waals surface area contributed by atoms with Crippen LogP contribution in [0.25, 0.3) is 0 Å². The highest BCUT2D eigenvalue weighted by atomic mass is 16.5. The van der Waals surface area contributed by atoms with Gasteiger partial charge in [0.05, 0.1) is 17.6 Å². The van der Waals surface area contributed by atoms with Gasteiger partial charge in [-0.2, -0.15) is 0 Å². The highest BCUT2D eigenvalue weighted by molar-refractivity contribution is 5.49. The normalized spacial score (nSPS) is 20.8. The zero-order valence-electron chi connectivity index (χ0n) is 12.5. The number of hydrogen-bond donors (Lipinski definition) is 2. The van der Waals surface area contributed by atoms with Crippen molar-refractivity contribution in [3.05, 3.63) is 11.9 Å². The van der Waals surface area contributed by atoms with E-state index in [1.54, 1.807) is 6.20 Å². The van der Waals surface area contributed by atoms with E-state index in [9.17, 15) is 5.11 Å². The molecular weight excluding hydrogens is 256 g/mol. The van der Waals surface area contributed by atoms with E-state index in [0.29, 0.717) is 12.6 Å². The molecule has 112 valence electrons. The summed E-state index contributed by atoms with van der Waals surface area (Å²) in [7, 11) is 0. The molecule has 0 bridgehead atoms. The number of hydrogen-bond acceptors (Lipinski definition) is 6. The van der Waals surface area contributed by atoms with Gasteiger partial charge in [0, 0.05) is 13.2 Å². The van der Waals surface area contributed by atoms with Crippen molar-refractivity contribution in [1.82, 2.24) is 9.97 Å². The number of aromatic nitrogens is 2. The molecule has 1 saturated heterocycles. The molecule has 0 radical (unpaired) electrons. The summed E-state index contributed by atoms with van der Waals surface area (Å²) in [5.74, 6) is 0.601. The average molecular weight is 280 g/mol. The van der Waals surface area contributed by atoms with Gasteiger partial charge in [0.1, 0.15) is 12.5 Å². The number of anilines is 2. The minimum atomic E-state index is -0.468.